The average Bonchev–Trinajstić information content (AvgIpc) is 3.33. The van der Waals surface area contributed by atoms with Crippen LogP contribution in [0, 0.1) is 0 Å². The number of carbonyl (C=O) groups excluding carboxylic acids is 2. The second kappa shape index (κ2) is 8.14. The van der Waals surface area contributed by atoms with E-state index in [1.165, 1.54) is 4.68 Å². The molecule has 4 rings (SSSR count). The Morgan fingerprint density at radius 2 is 1.84 bits per heavy atom. The highest BCUT2D eigenvalue weighted by atomic mass is 16.6. The molecule has 1 N–H and O–H groups in total. The molecule has 0 saturated heterocycles. The van der Waals surface area contributed by atoms with Gasteiger partial charge in [0.2, 0.25) is 5.91 Å². The second-order valence-electron chi connectivity index (χ2n) is 8.94. The molecule has 2 aromatic heterocycles. The van der Waals surface area contributed by atoms with Crippen molar-refractivity contribution in [3.63, 3.8) is 0 Å². The molecule has 3 aromatic rings. The van der Waals surface area contributed by atoms with Gasteiger partial charge in [0, 0.05) is 55.6 Å². The molecule has 1 aliphatic rings. The van der Waals surface area contributed by atoms with E-state index in [4.69, 9.17) is 4.74 Å². The van der Waals surface area contributed by atoms with E-state index >= 15 is 0 Å². The number of nitrogens with one attached hydrogen (secondary N) is 1. The molecule has 1 aliphatic heterocycles. The van der Waals surface area contributed by atoms with Gasteiger partial charge in [0.15, 0.2) is 5.82 Å². The maximum absolute atomic E-state index is 12.2. The van der Waals surface area contributed by atoms with E-state index in [-0.39, 0.29) is 5.91 Å². The van der Waals surface area contributed by atoms with Crippen molar-refractivity contribution in [2.75, 3.05) is 11.9 Å². The predicted octanol–water partition coefficient (Wildman–Crippen LogP) is 3.72. The van der Waals surface area contributed by atoms with E-state index in [9.17, 15) is 9.59 Å². The Morgan fingerprint density at radius 1 is 1.12 bits per heavy atom. The summed E-state index contributed by atoms with van der Waals surface area (Å²) < 4.78 is 8.43. The summed E-state index contributed by atoms with van der Waals surface area (Å²) in [6.45, 7) is 8.32. The van der Waals surface area contributed by atoms with Crippen LogP contribution < -0.4 is 5.32 Å². The first-order valence-electron chi connectivity index (χ1n) is 10.6. The quantitative estimate of drug-likeness (QED) is 0.673. The van der Waals surface area contributed by atoms with Crippen LogP contribution in [0.1, 0.15) is 39.0 Å². The molecule has 9 heteroatoms. The minimum absolute atomic E-state index is 0.0711. The predicted molar refractivity (Wildman–Crippen MR) is 121 cm³/mol. The molecule has 0 saturated carbocycles. The molecule has 168 valence electrons. The Kier molecular flexibility index (Phi) is 5.50. The Balaban J connectivity index is 1.49. The molecular formula is C23H28N6O3. The van der Waals surface area contributed by atoms with Gasteiger partial charge in [-0.25, -0.2) is 4.79 Å². The van der Waals surface area contributed by atoms with Crippen LogP contribution in [0.5, 0.6) is 0 Å². The van der Waals surface area contributed by atoms with Gasteiger partial charge in [0.1, 0.15) is 5.60 Å². The van der Waals surface area contributed by atoms with Crippen LogP contribution in [-0.2, 0) is 29.5 Å². The molecule has 0 spiro atoms. The fraction of sp³-hybridized carbons (Fsp3) is 0.391. The fourth-order valence-electron chi connectivity index (χ4n) is 3.72. The van der Waals surface area contributed by atoms with Crippen molar-refractivity contribution in [1.82, 2.24) is 24.5 Å². The zero-order chi connectivity index (χ0) is 23.0. The standard InChI is InChI=1S/C23H28N6O3/c1-15(30)28-11-10-20-19(14-28)21(26-27(20)5)25-18-8-6-16(7-9-18)17-12-24-29(13-17)22(31)32-23(2,3)4/h6-9,12-13H,10-11,14H2,1-5H3,(H,25,26). The monoisotopic (exact) mass is 436 g/mol. The van der Waals surface area contributed by atoms with Crippen LogP contribution in [-0.4, -0.2) is 48.6 Å². The van der Waals surface area contributed by atoms with Crippen molar-refractivity contribution in [2.24, 2.45) is 7.05 Å². The first-order valence-corrected chi connectivity index (χ1v) is 10.6. The third kappa shape index (κ3) is 4.51. The van der Waals surface area contributed by atoms with Gasteiger partial charge < -0.3 is 15.0 Å². The van der Waals surface area contributed by atoms with Gasteiger partial charge >= 0.3 is 6.09 Å². The Morgan fingerprint density at radius 3 is 2.50 bits per heavy atom. The van der Waals surface area contributed by atoms with Gasteiger partial charge in [-0.2, -0.15) is 14.9 Å². The van der Waals surface area contributed by atoms with Crippen LogP contribution in [0.25, 0.3) is 11.1 Å². The largest absolute Gasteiger partial charge is 0.442 e. The summed E-state index contributed by atoms with van der Waals surface area (Å²) in [5.74, 6) is 0.834. The first-order chi connectivity index (χ1) is 15.1. The van der Waals surface area contributed by atoms with Gasteiger partial charge in [0.25, 0.3) is 0 Å². The molecule has 0 bridgehead atoms. The van der Waals surface area contributed by atoms with Crippen molar-refractivity contribution in [3.05, 3.63) is 47.9 Å². The molecule has 32 heavy (non-hydrogen) atoms. The summed E-state index contributed by atoms with van der Waals surface area (Å²) >= 11 is 0. The summed E-state index contributed by atoms with van der Waals surface area (Å²) in [6.07, 6.45) is 3.57. The van der Waals surface area contributed by atoms with Gasteiger partial charge in [-0.3, -0.25) is 9.48 Å². The highest BCUT2D eigenvalue weighted by Gasteiger charge is 2.25. The number of fused-ring (bicyclic) bond motifs is 1. The third-order valence-corrected chi connectivity index (χ3v) is 5.33. The molecule has 0 atom stereocenters. The van der Waals surface area contributed by atoms with Crippen LogP contribution in [0.15, 0.2) is 36.7 Å². The average molecular weight is 437 g/mol. The molecule has 0 aliphatic carbocycles. The highest BCUT2D eigenvalue weighted by molar-refractivity contribution is 5.75. The topological polar surface area (TPSA) is 94.3 Å². The van der Waals surface area contributed by atoms with Gasteiger partial charge in [-0.1, -0.05) is 12.1 Å². The van der Waals surface area contributed by atoms with Crippen LogP contribution in [0.4, 0.5) is 16.3 Å². The summed E-state index contributed by atoms with van der Waals surface area (Å²) in [7, 11) is 1.93. The summed E-state index contributed by atoms with van der Waals surface area (Å²) in [5, 5.41) is 12.1. The lowest BCUT2D eigenvalue weighted by Crippen LogP contribution is -2.34. The van der Waals surface area contributed by atoms with Gasteiger partial charge in [-0.05, 0) is 38.5 Å². The number of aromatic nitrogens is 4. The molecule has 1 aromatic carbocycles. The van der Waals surface area contributed by atoms with E-state index in [2.05, 4.69) is 15.5 Å². The number of aryl methyl sites for hydroxylation is 1. The normalized spacial score (nSPS) is 13.6. The zero-order valence-electron chi connectivity index (χ0n) is 19.0. The second-order valence-corrected chi connectivity index (χ2v) is 8.94. The van der Waals surface area contributed by atoms with E-state index < -0.39 is 11.7 Å². The van der Waals surface area contributed by atoms with Crippen molar-refractivity contribution in [1.29, 1.82) is 0 Å². The molecule has 3 heterocycles. The number of anilines is 2. The third-order valence-electron chi connectivity index (χ3n) is 5.33. The lowest BCUT2D eigenvalue weighted by atomic mass is 10.1. The minimum Gasteiger partial charge on any atom is -0.442 e. The molecule has 1 amide bonds. The smallest absolute Gasteiger partial charge is 0.435 e. The van der Waals surface area contributed by atoms with Crippen molar-refractivity contribution in [3.8, 4) is 11.1 Å². The molecule has 0 fully saturated rings. The van der Waals surface area contributed by atoms with Crippen molar-refractivity contribution >= 4 is 23.5 Å². The fourth-order valence-corrected chi connectivity index (χ4v) is 3.72. The minimum atomic E-state index is -0.581. The van der Waals surface area contributed by atoms with E-state index in [1.54, 1.807) is 19.3 Å². The number of amides is 1. The molecule has 9 nitrogen and oxygen atoms in total. The van der Waals surface area contributed by atoms with Crippen LogP contribution in [0.3, 0.4) is 0 Å². The Hall–Kier alpha value is -3.62. The Bertz CT molecular complexity index is 1150. The first kappa shape index (κ1) is 21.6. The summed E-state index contributed by atoms with van der Waals surface area (Å²) in [4.78, 5) is 25.8. The maximum atomic E-state index is 12.2. The van der Waals surface area contributed by atoms with Crippen molar-refractivity contribution in [2.45, 2.75) is 46.3 Å². The Labute approximate surface area is 187 Å². The van der Waals surface area contributed by atoms with Crippen molar-refractivity contribution < 1.29 is 14.3 Å². The van der Waals surface area contributed by atoms with E-state index in [0.29, 0.717) is 13.1 Å². The SMILES string of the molecule is CC(=O)N1CCc2c(c(Nc3ccc(-c4cnn(C(=O)OC(C)(C)C)c4)cc3)nn2C)C1. The molecule has 0 radical (unpaired) electrons. The lowest BCUT2D eigenvalue weighted by Gasteiger charge is -2.26. The summed E-state index contributed by atoms with van der Waals surface area (Å²) in [6, 6.07) is 7.81. The van der Waals surface area contributed by atoms with Gasteiger partial charge in [0.05, 0.1) is 12.7 Å². The van der Waals surface area contributed by atoms with Crippen LogP contribution >= 0.6 is 0 Å². The van der Waals surface area contributed by atoms with E-state index in [1.807, 2.05) is 61.7 Å². The number of hydrogen-bond donors (Lipinski definition) is 1. The highest BCUT2D eigenvalue weighted by Crippen LogP contribution is 2.29. The van der Waals surface area contributed by atoms with Gasteiger partial charge in [-0.15, -0.1) is 0 Å². The zero-order valence-corrected chi connectivity index (χ0v) is 19.0. The molecule has 0 unspecified atom stereocenters. The number of nitrogens with zero attached hydrogens (tertiary/aromatic N) is 5. The lowest BCUT2D eigenvalue weighted by molar-refractivity contribution is -0.129. The van der Waals surface area contributed by atoms with E-state index in [0.717, 1.165) is 40.3 Å². The number of hydrogen-bond acceptors (Lipinski definition) is 6. The number of ether oxygens (including phenoxy) is 1. The summed E-state index contributed by atoms with van der Waals surface area (Å²) in [5.41, 5.74) is 4.25. The number of benzene rings is 1. The number of carbonyl (C=O) groups is 2. The number of rotatable bonds is 3. The molecular weight excluding hydrogens is 408 g/mol. The van der Waals surface area contributed by atoms with Crippen LogP contribution in [0.2, 0.25) is 0 Å². The maximum Gasteiger partial charge on any atom is 0.435 e.